The van der Waals surface area contributed by atoms with Gasteiger partial charge in [0.15, 0.2) is 5.82 Å². The smallest absolute Gasteiger partial charge is 0.220 e. The van der Waals surface area contributed by atoms with Crippen molar-refractivity contribution in [1.82, 2.24) is 25.1 Å². The highest BCUT2D eigenvalue weighted by Crippen LogP contribution is 2.35. The number of piperidine rings is 1. The first-order valence-corrected chi connectivity index (χ1v) is 10.6. The molecule has 1 atom stereocenters. The van der Waals surface area contributed by atoms with Crippen LogP contribution in [0.25, 0.3) is 0 Å². The highest BCUT2D eigenvalue weighted by molar-refractivity contribution is 5.76. The average molecular weight is 399 g/mol. The predicted molar refractivity (Wildman–Crippen MR) is 108 cm³/mol. The third-order valence-corrected chi connectivity index (χ3v) is 6.41. The quantitative estimate of drug-likeness (QED) is 0.802. The summed E-state index contributed by atoms with van der Waals surface area (Å²) in [7, 11) is 1.67. The van der Waals surface area contributed by atoms with Gasteiger partial charge < -0.3 is 10.5 Å². The number of hydrogen-bond acceptors (Lipinski definition) is 6. The summed E-state index contributed by atoms with van der Waals surface area (Å²) >= 11 is 0. The summed E-state index contributed by atoms with van der Waals surface area (Å²) in [4.78, 5) is 14.0. The Hall–Kier alpha value is -2.48. The molecule has 1 saturated carbocycles. The molecule has 4 rings (SSSR count). The molecule has 1 aliphatic carbocycles. The molecule has 1 saturated heterocycles. The summed E-state index contributed by atoms with van der Waals surface area (Å²) in [5.41, 5.74) is 6.67. The SMILES string of the molecule is COc1ccc(C(c2nnnn2C2CCCCC2)N2CCC(C(N)=O)CC2)cc1. The molecule has 2 heterocycles. The van der Waals surface area contributed by atoms with Crippen LogP contribution in [0.4, 0.5) is 0 Å². The fraction of sp³-hybridized carbons (Fsp3) is 0.619. The van der Waals surface area contributed by atoms with Gasteiger partial charge in [0.1, 0.15) is 5.75 Å². The Morgan fingerprint density at radius 1 is 1.10 bits per heavy atom. The van der Waals surface area contributed by atoms with Crippen molar-refractivity contribution in [3.63, 3.8) is 0 Å². The molecular weight excluding hydrogens is 368 g/mol. The summed E-state index contributed by atoms with van der Waals surface area (Å²) in [5.74, 6) is 1.47. The van der Waals surface area contributed by atoms with Crippen molar-refractivity contribution in [3.8, 4) is 5.75 Å². The normalized spacial score (nSPS) is 20.4. The minimum atomic E-state index is -0.197. The first-order chi connectivity index (χ1) is 14.2. The second-order valence-corrected chi connectivity index (χ2v) is 8.16. The Morgan fingerprint density at radius 3 is 2.41 bits per heavy atom. The van der Waals surface area contributed by atoms with Gasteiger partial charge in [-0.1, -0.05) is 31.4 Å². The van der Waals surface area contributed by atoms with Crippen LogP contribution in [0.1, 0.15) is 68.4 Å². The largest absolute Gasteiger partial charge is 0.497 e. The Bertz CT molecular complexity index is 807. The predicted octanol–water partition coefficient (Wildman–Crippen LogP) is 2.47. The number of carbonyl (C=O) groups excluding carboxylic acids is 1. The van der Waals surface area contributed by atoms with Gasteiger partial charge in [0.05, 0.1) is 19.2 Å². The van der Waals surface area contributed by atoms with E-state index < -0.39 is 0 Å². The number of aromatic nitrogens is 4. The van der Waals surface area contributed by atoms with Crippen molar-refractivity contribution in [3.05, 3.63) is 35.7 Å². The monoisotopic (exact) mass is 398 g/mol. The van der Waals surface area contributed by atoms with Crippen LogP contribution in [-0.4, -0.2) is 51.2 Å². The Kier molecular flexibility index (Phi) is 6.08. The number of hydrogen-bond donors (Lipinski definition) is 1. The first-order valence-electron chi connectivity index (χ1n) is 10.6. The fourth-order valence-corrected chi connectivity index (χ4v) is 4.72. The van der Waals surface area contributed by atoms with Crippen molar-refractivity contribution in [2.24, 2.45) is 11.7 Å². The zero-order valence-electron chi connectivity index (χ0n) is 17.0. The molecule has 29 heavy (non-hydrogen) atoms. The van der Waals surface area contributed by atoms with Gasteiger partial charge in [0, 0.05) is 5.92 Å². The number of amides is 1. The van der Waals surface area contributed by atoms with Crippen molar-refractivity contribution in [2.45, 2.75) is 57.0 Å². The number of benzene rings is 1. The number of rotatable bonds is 6. The van der Waals surface area contributed by atoms with Gasteiger partial charge in [0.25, 0.3) is 0 Å². The van der Waals surface area contributed by atoms with E-state index in [1.807, 2.05) is 16.8 Å². The summed E-state index contributed by atoms with van der Waals surface area (Å²) in [5, 5.41) is 12.9. The van der Waals surface area contributed by atoms with Crippen LogP contribution >= 0.6 is 0 Å². The standard InChI is InChI=1S/C21H30N6O2/c1-29-18-9-7-15(8-10-18)19(26-13-11-16(12-14-26)20(22)28)21-23-24-25-27(21)17-5-3-2-4-6-17/h7-10,16-17,19H,2-6,11-14H2,1H3,(H2,22,28). The van der Waals surface area contributed by atoms with Gasteiger partial charge in [-0.05, 0) is 66.9 Å². The van der Waals surface area contributed by atoms with Crippen LogP contribution in [-0.2, 0) is 4.79 Å². The first kappa shape index (κ1) is 19.8. The minimum Gasteiger partial charge on any atom is -0.497 e. The van der Waals surface area contributed by atoms with Crippen LogP contribution in [0, 0.1) is 5.92 Å². The summed E-state index contributed by atoms with van der Waals surface area (Å²) in [6.07, 6.45) is 7.52. The second kappa shape index (κ2) is 8.90. The number of likely N-dealkylation sites (tertiary alicyclic amines) is 1. The van der Waals surface area contributed by atoms with Crippen LogP contribution in [0.2, 0.25) is 0 Å². The molecule has 8 nitrogen and oxygen atoms in total. The zero-order chi connectivity index (χ0) is 20.2. The van der Waals surface area contributed by atoms with E-state index in [1.165, 1.54) is 19.3 Å². The van der Waals surface area contributed by atoms with Crippen molar-refractivity contribution in [1.29, 1.82) is 0 Å². The lowest BCUT2D eigenvalue weighted by molar-refractivity contribution is -0.123. The minimum absolute atomic E-state index is 0.0443. The molecular formula is C21H30N6O2. The molecule has 8 heteroatoms. The molecule has 2 aromatic rings. The summed E-state index contributed by atoms with van der Waals surface area (Å²) in [6, 6.07) is 8.44. The van der Waals surface area contributed by atoms with E-state index in [9.17, 15) is 4.79 Å². The van der Waals surface area contributed by atoms with Crippen molar-refractivity contribution >= 4 is 5.91 Å². The Morgan fingerprint density at radius 2 is 1.79 bits per heavy atom. The maximum atomic E-state index is 11.6. The molecule has 1 aromatic carbocycles. The maximum absolute atomic E-state index is 11.6. The van der Waals surface area contributed by atoms with Crippen LogP contribution in [0.5, 0.6) is 5.75 Å². The van der Waals surface area contributed by atoms with Gasteiger partial charge in [-0.25, -0.2) is 4.68 Å². The van der Waals surface area contributed by atoms with Gasteiger partial charge in [-0.2, -0.15) is 0 Å². The molecule has 2 fully saturated rings. The number of methoxy groups -OCH3 is 1. The maximum Gasteiger partial charge on any atom is 0.220 e. The summed E-state index contributed by atoms with van der Waals surface area (Å²) in [6.45, 7) is 1.59. The number of nitrogens with zero attached hydrogens (tertiary/aromatic N) is 5. The Labute approximate surface area is 171 Å². The second-order valence-electron chi connectivity index (χ2n) is 8.16. The van der Waals surface area contributed by atoms with E-state index in [0.29, 0.717) is 6.04 Å². The highest BCUT2D eigenvalue weighted by Gasteiger charge is 2.34. The van der Waals surface area contributed by atoms with E-state index >= 15 is 0 Å². The van der Waals surface area contributed by atoms with E-state index in [1.54, 1.807) is 7.11 Å². The van der Waals surface area contributed by atoms with E-state index in [4.69, 9.17) is 10.5 Å². The van der Waals surface area contributed by atoms with Gasteiger partial charge >= 0.3 is 0 Å². The number of carbonyl (C=O) groups is 1. The lowest BCUT2D eigenvalue weighted by Crippen LogP contribution is -2.41. The molecule has 0 bridgehead atoms. The molecule has 1 aromatic heterocycles. The van der Waals surface area contributed by atoms with Crippen molar-refractivity contribution in [2.75, 3.05) is 20.2 Å². The number of nitrogens with two attached hydrogens (primary N) is 1. The number of ether oxygens (including phenoxy) is 1. The lowest BCUT2D eigenvalue weighted by Gasteiger charge is -2.37. The number of tetrazole rings is 1. The third kappa shape index (κ3) is 4.27. The molecule has 2 N–H and O–H groups in total. The highest BCUT2D eigenvalue weighted by atomic mass is 16.5. The van der Waals surface area contributed by atoms with Gasteiger partial charge in [0.2, 0.25) is 5.91 Å². The van der Waals surface area contributed by atoms with Crippen molar-refractivity contribution < 1.29 is 9.53 Å². The van der Waals surface area contributed by atoms with E-state index in [2.05, 4.69) is 32.6 Å². The molecule has 1 amide bonds. The van der Waals surface area contributed by atoms with Crippen LogP contribution in [0.15, 0.2) is 24.3 Å². The van der Waals surface area contributed by atoms with Crippen LogP contribution < -0.4 is 10.5 Å². The average Bonchev–Trinajstić information content (AvgIpc) is 3.25. The third-order valence-electron chi connectivity index (χ3n) is 6.41. The Balaban J connectivity index is 1.65. The molecule has 156 valence electrons. The molecule has 1 aliphatic heterocycles. The van der Waals surface area contributed by atoms with Gasteiger partial charge in [-0.3, -0.25) is 9.69 Å². The van der Waals surface area contributed by atoms with Gasteiger partial charge in [-0.15, -0.1) is 5.10 Å². The molecule has 1 unspecified atom stereocenters. The van der Waals surface area contributed by atoms with E-state index in [0.717, 1.165) is 55.9 Å². The van der Waals surface area contributed by atoms with Crippen LogP contribution in [0.3, 0.4) is 0 Å². The fourth-order valence-electron chi connectivity index (χ4n) is 4.72. The molecule has 0 radical (unpaired) electrons. The zero-order valence-corrected chi connectivity index (χ0v) is 17.0. The van der Waals surface area contributed by atoms with E-state index in [-0.39, 0.29) is 17.9 Å². The summed E-state index contributed by atoms with van der Waals surface area (Å²) < 4.78 is 7.38. The lowest BCUT2D eigenvalue weighted by atomic mass is 9.92. The number of primary amides is 1. The molecule has 2 aliphatic rings. The molecule has 0 spiro atoms. The topological polar surface area (TPSA) is 99.2 Å².